The molecule has 8 aromatic heterocycles. The molecule has 1 aliphatic rings. The summed E-state index contributed by atoms with van der Waals surface area (Å²) in [5.41, 5.74) is 29.0. The van der Waals surface area contributed by atoms with Gasteiger partial charge in [-0.05, 0) is 166 Å². The average Bonchev–Trinajstić information content (AvgIpc) is 1.57. The van der Waals surface area contributed by atoms with E-state index >= 15 is 0 Å². The van der Waals surface area contributed by atoms with Crippen LogP contribution >= 0.6 is 0 Å². The zero-order valence-corrected chi connectivity index (χ0v) is 77.8. The molecule has 23 aromatic carbocycles. The van der Waals surface area contributed by atoms with Crippen molar-refractivity contribution in [2.45, 2.75) is 0 Å². The Labute approximate surface area is 826 Å². The molecule has 0 bridgehead atoms. The topological polar surface area (TPSA) is 158 Å². The standard InChI is InChI=1S/C34H22N4.C33H20N6.C32H20N4.C28H18N4/c1-22-24-11-6-8-16-30(24)37(31-17-9-7-12-25(22)31)32-20-21-33(28-15-5-4-14-27(28)32)38-35-29-19-18-23-10-2-3-13-26(23)34(29)36-38;1-2-10-22-21(9-1)17-18-26-32(22)36-39(35-26)28-20-19-27(23-11-3-4-12-24(23)28)37-30-15-7-8-16-31(30)38-29-14-6-5-13-25(29)34-33(37)38;1-2-10-22-21(9-1)17-18-27-32(22)34-36(33-27)31-20-19-30(25-11-3-4-14-26(25)31)35-28-15-7-5-12-23(28)24-13-6-8-16-29(24)35;1-3-9-21-19(7-1)13-14-24-28(21)30-32(29-24)27-16-15-26(22-10-4-5-11-23(22)27)31-18-17-20-8-2-6-12-25(20)31/h2-21H,1H2;1-20H;1-20H;1-18H. The molecule has 0 unspecified atom stereocenters. The number of aromatic nitrogens is 17. The van der Waals surface area contributed by atoms with Gasteiger partial charge in [0.1, 0.15) is 44.1 Å². The van der Waals surface area contributed by atoms with E-state index in [2.05, 4.69) is 460 Å². The number of fused-ring (bicyclic) bond motifs is 27. The first-order chi connectivity index (χ1) is 71.9. The fraction of sp³-hybridized carbons (Fsp3) is 0. The molecule has 1 aliphatic heterocycles. The number of nitrogens with zero attached hydrogens (tertiary/aromatic N) is 18. The highest BCUT2D eigenvalue weighted by Gasteiger charge is 2.30. The monoisotopic (exact) mass is 1860 g/mol. The summed E-state index contributed by atoms with van der Waals surface area (Å²) in [6, 6.07) is 163. The molecule has 18 heteroatoms. The number of hydrogen-bond acceptors (Lipinski definition) is 10. The van der Waals surface area contributed by atoms with Gasteiger partial charge in [0.2, 0.25) is 5.78 Å². The molecule has 0 saturated heterocycles. The molecule has 0 spiro atoms. The summed E-state index contributed by atoms with van der Waals surface area (Å²) < 4.78 is 9.14. The molecule has 0 amide bonds. The van der Waals surface area contributed by atoms with Crippen LogP contribution in [0.1, 0.15) is 11.1 Å². The molecule has 9 heterocycles. The number of anilines is 3. The number of rotatable bonds is 8. The molecule has 0 atom stereocenters. The lowest BCUT2D eigenvalue weighted by atomic mass is 9.90. The van der Waals surface area contributed by atoms with Gasteiger partial charge < -0.3 is 14.0 Å². The summed E-state index contributed by atoms with van der Waals surface area (Å²) in [6.45, 7) is 4.44. The van der Waals surface area contributed by atoms with E-state index in [-0.39, 0.29) is 0 Å². The van der Waals surface area contributed by atoms with Crippen molar-refractivity contribution in [2.75, 3.05) is 4.90 Å². The van der Waals surface area contributed by atoms with Gasteiger partial charge in [0.05, 0.1) is 95.5 Å². The molecule has 678 valence electrons. The number of para-hydroxylation sites is 9. The van der Waals surface area contributed by atoms with Crippen molar-refractivity contribution < 1.29 is 0 Å². The molecule has 145 heavy (non-hydrogen) atoms. The van der Waals surface area contributed by atoms with E-state index in [9.17, 15) is 0 Å². The highest BCUT2D eigenvalue weighted by Crippen LogP contribution is 2.51. The van der Waals surface area contributed by atoms with Crippen molar-refractivity contribution in [1.82, 2.24) is 83.1 Å². The van der Waals surface area contributed by atoms with E-state index in [0.29, 0.717) is 0 Å². The second kappa shape index (κ2) is 33.1. The Hall–Kier alpha value is -20.1. The van der Waals surface area contributed by atoms with Gasteiger partial charge in [-0.15, -0.1) is 60.0 Å². The van der Waals surface area contributed by atoms with Gasteiger partial charge >= 0.3 is 0 Å². The first kappa shape index (κ1) is 82.0. The Morgan fingerprint density at radius 1 is 0.172 bits per heavy atom. The maximum atomic E-state index is 5.07. The molecule has 0 radical (unpaired) electrons. The van der Waals surface area contributed by atoms with E-state index < -0.39 is 0 Å². The lowest BCUT2D eigenvalue weighted by Gasteiger charge is -2.35. The first-order valence-electron chi connectivity index (χ1n) is 48.5. The third kappa shape index (κ3) is 13.2. The molecule has 32 rings (SSSR count). The first-order valence-corrected chi connectivity index (χ1v) is 48.5. The number of hydrogen-bond donors (Lipinski definition) is 0. The van der Waals surface area contributed by atoms with Crippen LogP contribution in [0.4, 0.5) is 17.1 Å². The average molecular weight is 1860 g/mol. The highest BCUT2D eigenvalue weighted by molar-refractivity contribution is 6.14. The zero-order chi connectivity index (χ0) is 95.4. The van der Waals surface area contributed by atoms with Crippen LogP contribution < -0.4 is 4.90 Å². The van der Waals surface area contributed by atoms with Gasteiger partial charge in [-0.3, -0.25) is 8.97 Å². The smallest absolute Gasteiger partial charge is 0.220 e. The van der Waals surface area contributed by atoms with E-state index in [4.69, 9.17) is 45.8 Å². The SMILES string of the molecule is C=C1c2ccccc2N(c2ccc(-n3nc4ccc5ccccc5c4n3)c3ccccc23)c2ccccc21.c1ccc2c(c1)ccc1nn(-c3ccc(-n4c5ccccc5c5ccccc54)c4ccccc34)nc12.c1ccc2c(c1)ccc1nn(-c3ccc(-n4c5ccccc5n5c6ccccc6nc45)c4ccccc34)nc12.c1ccc2c(c1)ccc1nn(-c3ccc(-n4ccc5ccccc54)c4ccccc34)nc12. The molecular formula is C127H80N18. The summed E-state index contributed by atoms with van der Waals surface area (Å²) in [7, 11) is 0. The molecule has 0 saturated carbocycles. The predicted octanol–water partition coefficient (Wildman–Crippen LogP) is 30.5. The quantitative estimate of drug-likeness (QED) is 0.143. The van der Waals surface area contributed by atoms with Crippen LogP contribution in [0, 0.1) is 0 Å². The fourth-order valence-corrected chi connectivity index (χ4v) is 22.0. The summed E-state index contributed by atoms with van der Waals surface area (Å²) in [5.74, 6) is 0.893. The molecule has 0 aliphatic carbocycles. The van der Waals surface area contributed by atoms with Crippen LogP contribution in [0.25, 0.3) is 236 Å². The van der Waals surface area contributed by atoms with E-state index in [1.165, 1.54) is 43.5 Å². The third-order valence-corrected chi connectivity index (χ3v) is 28.7. The minimum Gasteiger partial charge on any atom is -0.316 e. The Balaban J connectivity index is 0.0000000920. The van der Waals surface area contributed by atoms with E-state index in [0.717, 1.165) is 221 Å². The van der Waals surface area contributed by atoms with Crippen LogP contribution in [-0.4, -0.2) is 83.1 Å². The maximum absolute atomic E-state index is 5.07. The zero-order valence-electron chi connectivity index (χ0n) is 77.8. The maximum Gasteiger partial charge on any atom is 0.220 e. The molecule has 18 nitrogen and oxygen atoms in total. The van der Waals surface area contributed by atoms with Crippen LogP contribution in [0.3, 0.4) is 0 Å². The van der Waals surface area contributed by atoms with Crippen molar-refractivity contribution in [1.29, 1.82) is 0 Å². The van der Waals surface area contributed by atoms with E-state index in [1.807, 2.05) is 42.5 Å². The van der Waals surface area contributed by atoms with Crippen molar-refractivity contribution in [3.05, 3.63) is 491 Å². The second-order valence-corrected chi connectivity index (χ2v) is 36.7. The van der Waals surface area contributed by atoms with Gasteiger partial charge in [-0.25, -0.2) is 4.98 Å². The van der Waals surface area contributed by atoms with Crippen molar-refractivity contribution >= 4 is 214 Å². The summed E-state index contributed by atoms with van der Waals surface area (Å²) in [4.78, 5) is 14.5. The van der Waals surface area contributed by atoms with Crippen molar-refractivity contribution in [3.8, 4) is 39.8 Å². The van der Waals surface area contributed by atoms with Gasteiger partial charge in [0.25, 0.3) is 0 Å². The number of imidazole rings is 2. The Morgan fingerprint density at radius 3 is 0.883 bits per heavy atom. The molecule has 31 aromatic rings. The normalized spacial score (nSPS) is 12.1. The van der Waals surface area contributed by atoms with Gasteiger partial charge in [-0.1, -0.05) is 340 Å². The molecule has 0 N–H and O–H groups in total. The van der Waals surface area contributed by atoms with E-state index in [1.54, 1.807) is 19.2 Å². The fourth-order valence-electron chi connectivity index (χ4n) is 22.0. The largest absolute Gasteiger partial charge is 0.316 e. The Morgan fingerprint density at radius 2 is 0.462 bits per heavy atom. The van der Waals surface area contributed by atoms with Gasteiger partial charge in [0, 0.05) is 92.7 Å². The second-order valence-electron chi connectivity index (χ2n) is 36.7. The van der Waals surface area contributed by atoms with Crippen molar-refractivity contribution in [2.24, 2.45) is 0 Å². The molecular weight excluding hydrogens is 1780 g/mol. The Bertz CT molecular complexity index is 10700. The lowest BCUT2D eigenvalue weighted by Crippen LogP contribution is -2.18. The predicted molar refractivity (Wildman–Crippen MR) is 593 cm³/mol. The van der Waals surface area contributed by atoms with Gasteiger partial charge in [-0.2, -0.15) is 0 Å². The lowest BCUT2D eigenvalue weighted by molar-refractivity contribution is 0.771. The minimum atomic E-state index is 0.879. The van der Waals surface area contributed by atoms with Crippen LogP contribution in [0.15, 0.2) is 480 Å². The summed E-state index contributed by atoms with van der Waals surface area (Å²) in [6.07, 6.45) is 2.14. The van der Waals surface area contributed by atoms with Crippen LogP contribution in [0.2, 0.25) is 0 Å². The molecule has 0 fully saturated rings. The summed E-state index contributed by atoms with van der Waals surface area (Å²) in [5, 5.41) is 61.1. The van der Waals surface area contributed by atoms with Gasteiger partial charge in [0.15, 0.2) is 0 Å². The van der Waals surface area contributed by atoms with Crippen LogP contribution in [0.5, 0.6) is 0 Å². The minimum absolute atomic E-state index is 0.879. The van der Waals surface area contributed by atoms with Crippen molar-refractivity contribution in [3.63, 3.8) is 0 Å². The number of benzene rings is 23. The third-order valence-electron chi connectivity index (χ3n) is 28.7. The highest BCUT2D eigenvalue weighted by atomic mass is 15.5. The van der Waals surface area contributed by atoms with Crippen LogP contribution in [-0.2, 0) is 0 Å². The Kier molecular flexibility index (Phi) is 18.7. The summed E-state index contributed by atoms with van der Waals surface area (Å²) >= 11 is 0.